The molecule has 4 heteroatoms. The molecular weight excluding hydrogens is 276 g/mol. The number of ether oxygens (including phenoxy) is 1. The molecule has 2 aromatic carbocycles. The highest BCUT2D eigenvalue weighted by Gasteiger charge is 2.00. The maximum atomic E-state index is 11.8. The van der Waals surface area contributed by atoms with Gasteiger partial charge in [-0.3, -0.25) is 9.78 Å². The summed E-state index contributed by atoms with van der Waals surface area (Å²) >= 11 is 0. The van der Waals surface area contributed by atoms with Crippen molar-refractivity contribution < 1.29 is 9.53 Å². The number of hydrogen-bond acceptors (Lipinski definition) is 3. The molecule has 1 amide bonds. The zero-order chi connectivity index (χ0) is 15.2. The van der Waals surface area contributed by atoms with E-state index in [2.05, 4.69) is 10.3 Å². The fraction of sp³-hybridized carbons (Fsp3) is 0. The van der Waals surface area contributed by atoms with Crippen molar-refractivity contribution in [2.75, 3.05) is 5.32 Å². The van der Waals surface area contributed by atoms with Crippen LogP contribution >= 0.6 is 0 Å². The van der Waals surface area contributed by atoms with Gasteiger partial charge in [0.15, 0.2) is 0 Å². The Balaban J connectivity index is 1.63. The maximum absolute atomic E-state index is 11.8. The van der Waals surface area contributed by atoms with E-state index in [9.17, 15) is 4.79 Å². The molecule has 0 bridgehead atoms. The van der Waals surface area contributed by atoms with Gasteiger partial charge in [-0.1, -0.05) is 24.3 Å². The molecule has 0 aliphatic heterocycles. The van der Waals surface area contributed by atoms with Crippen LogP contribution in [0.1, 0.15) is 0 Å². The van der Waals surface area contributed by atoms with Crippen LogP contribution in [0.2, 0.25) is 0 Å². The number of aromatic nitrogens is 1. The molecule has 1 heterocycles. The number of para-hydroxylation sites is 1. The molecule has 0 saturated carbocycles. The second-order valence-electron chi connectivity index (χ2n) is 4.63. The molecule has 3 aromatic rings. The number of carbonyl (C=O) groups excluding carboxylic acids is 1. The highest BCUT2D eigenvalue weighted by Crippen LogP contribution is 2.17. The van der Waals surface area contributed by atoms with Crippen molar-refractivity contribution in [2.45, 2.75) is 0 Å². The Morgan fingerprint density at radius 2 is 1.91 bits per heavy atom. The van der Waals surface area contributed by atoms with Gasteiger partial charge in [0.2, 0.25) is 0 Å². The summed E-state index contributed by atoms with van der Waals surface area (Å²) in [5, 5.41) is 3.76. The Bertz CT molecular complexity index is 813. The normalized spacial score (nSPS) is 10.7. The van der Waals surface area contributed by atoms with Crippen LogP contribution in [-0.4, -0.2) is 10.9 Å². The summed E-state index contributed by atoms with van der Waals surface area (Å²) < 4.78 is 5.33. The number of hydrogen-bond donors (Lipinski definition) is 1. The molecule has 4 nitrogen and oxygen atoms in total. The second-order valence-corrected chi connectivity index (χ2v) is 4.63. The van der Waals surface area contributed by atoms with Crippen LogP contribution in [-0.2, 0) is 4.79 Å². The molecule has 0 radical (unpaired) electrons. The van der Waals surface area contributed by atoms with Gasteiger partial charge < -0.3 is 10.1 Å². The first-order chi connectivity index (χ1) is 10.8. The number of nitrogens with one attached hydrogen (secondary N) is 1. The van der Waals surface area contributed by atoms with Crippen molar-refractivity contribution in [3.63, 3.8) is 0 Å². The lowest BCUT2D eigenvalue weighted by atomic mass is 10.2. The van der Waals surface area contributed by atoms with Crippen LogP contribution < -0.4 is 10.1 Å². The number of rotatable bonds is 4. The van der Waals surface area contributed by atoms with Gasteiger partial charge in [0, 0.05) is 23.3 Å². The van der Waals surface area contributed by atoms with Crippen molar-refractivity contribution >= 4 is 22.5 Å². The molecule has 22 heavy (non-hydrogen) atoms. The Hall–Kier alpha value is -3.14. The molecule has 108 valence electrons. The van der Waals surface area contributed by atoms with Gasteiger partial charge >= 0.3 is 0 Å². The van der Waals surface area contributed by atoms with E-state index in [0.29, 0.717) is 5.75 Å². The lowest BCUT2D eigenvalue weighted by Crippen LogP contribution is -2.08. The Morgan fingerprint density at radius 3 is 2.77 bits per heavy atom. The van der Waals surface area contributed by atoms with Crippen molar-refractivity contribution in [3.05, 3.63) is 79.2 Å². The fourth-order valence-electron chi connectivity index (χ4n) is 2.01. The molecule has 0 aliphatic carbocycles. The van der Waals surface area contributed by atoms with E-state index in [-0.39, 0.29) is 5.91 Å². The van der Waals surface area contributed by atoms with Gasteiger partial charge in [0.05, 0.1) is 11.8 Å². The van der Waals surface area contributed by atoms with Crippen LogP contribution in [0.5, 0.6) is 5.75 Å². The quantitative estimate of drug-likeness (QED) is 0.588. The van der Waals surface area contributed by atoms with Crippen molar-refractivity contribution in [1.29, 1.82) is 0 Å². The van der Waals surface area contributed by atoms with Crippen molar-refractivity contribution in [2.24, 2.45) is 0 Å². The number of pyridine rings is 1. The number of anilines is 1. The topological polar surface area (TPSA) is 51.2 Å². The second kappa shape index (κ2) is 6.54. The largest absolute Gasteiger partial charge is 0.465 e. The summed E-state index contributed by atoms with van der Waals surface area (Å²) in [6.45, 7) is 0. The minimum Gasteiger partial charge on any atom is -0.465 e. The zero-order valence-electron chi connectivity index (χ0n) is 11.8. The number of amides is 1. The molecule has 3 rings (SSSR count). The van der Waals surface area contributed by atoms with E-state index in [1.54, 1.807) is 6.20 Å². The van der Waals surface area contributed by atoms with E-state index in [1.165, 1.54) is 12.3 Å². The van der Waals surface area contributed by atoms with Gasteiger partial charge in [0.25, 0.3) is 5.91 Å². The van der Waals surface area contributed by atoms with Gasteiger partial charge in [-0.15, -0.1) is 0 Å². The number of carbonyl (C=O) groups is 1. The Kier molecular flexibility index (Phi) is 4.11. The van der Waals surface area contributed by atoms with Crippen molar-refractivity contribution in [3.8, 4) is 5.75 Å². The predicted octanol–water partition coefficient (Wildman–Crippen LogP) is 3.77. The molecular formula is C18H14N2O2. The van der Waals surface area contributed by atoms with Crippen LogP contribution in [0.25, 0.3) is 10.9 Å². The standard InChI is InChI=1S/C18H14N2O2/c21-18(10-12-22-16-6-2-1-3-7-16)20-15-8-9-17-14(13-15)5-4-11-19-17/h1-13H,(H,20,21). The maximum Gasteiger partial charge on any atom is 0.251 e. The SMILES string of the molecule is O=C(C=COc1ccccc1)Nc1ccc2ncccc2c1. The summed E-state index contributed by atoms with van der Waals surface area (Å²) in [7, 11) is 0. The third-order valence-corrected chi connectivity index (χ3v) is 3.04. The van der Waals surface area contributed by atoms with Crippen LogP contribution in [0.4, 0.5) is 5.69 Å². The molecule has 0 aliphatic rings. The first-order valence-corrected chi connectivity index (χ1v) is 6.85. The highest BCUT2D eigenvalue weighted by molar-refractivity contribution is 6.00. The van der Waals surface area contributed by atoms with Gasteiger partial charge in [-0.05, 0) is 36.4 Å². The summed E-state index contributed by atoms with van der Waals surface area (Å²) in [6.07, 6.45) is 4.46. The summed E-state index contributed by atoms with van der Waals surface area (Å²) in [5.74, 6) is 0.433. The molecule has 0 spiro atoms. The van der Waals surface area contributed by atoms with E-state index in [1.807, 2.05) is 60.7 Å². The van der Waals surface area contributed by atoms with Gasteiger partial charge in [-0.2, -0.15) is 0 Å². The number of fused-ring (bicyclic) bond motifs is 1. The highest BCUT2D eigenvalue weighted by atomic mass is 16.5. The minimum atomic E-state index is -0.251. The molecule has 1 N–H and O–H groups in total. The molecule has 1 aromatic heterocycles. The van der Waals surface area contributed by atoms with E-state index in [0.717, 1.165) is 16.6 Å². The van der Waals surface area contributed by atoms with E-state index in [4.69, 9.17) is 4.74 Å². The van der Waals surface area contributed by atoms with Crippen LogP contribution in [0, 0.1) is 0 Å². The van der Waals surface area contributed by atoms with Gasteiger partial charge in [-0.25, -0.2) is 0 Å². The number of nitrogens with zero attached hydrogens (tertiary/aromatic N) is 1. The Labute approximate surface area is 128 Å². The molecule has 0 atom stereocenters. The fourth-order valence-corrected chi connectivity index (χ4v) is 2.01. The lowest BCUT2D eigenvalue weighted by Gasteiger charge is -2.04. The zero-order valence-corrected chi connectivity index (χ0v) is 11.8. The third kappa shape index (κ3) is 3.49. The average Bonchev–Trinajstić information content (AvgIpc) is 2.56. The van der Waals surface area contributed by atoms with Crippen LogP contribution in [0.3, 0.4) is 0 Å². The third-order valence-electron chi connectivity index (χ3n) is 3.04. The van der Waals surface area contributed by atoms with E-state index >= 15 is 0 Å². The van der Waals surface area contributed by atoms with Gasteiger partial charge in [0.1, 0.15) is 5.75 Å². The molecule has 0 saturated heterocycles. The summed E-state index contributed by atoms with van der Waals surface area (Å²) in [4.78, 5) is 16.1. The first kappa shape index (κ1) is 13.8. The summed E-state index contributed by atoms with van der Waals surface area (Å²) in [6, 6.07) is 18.7. The molecule has 0 fully saturated rings. The number of benzene rings is 2. The average molecular weight is 290 g/mol. The predicted molar refractivity (Wildman–Crippen MR) is 86.6 cm³/mol. The van der Waals surface area contributed by atoms with Crippen molar-refractivity contribution in [1.82, 2.24) is 4.98 Å². The monoisotopic (exact) mass is 290 g/mol. The Morgan fingerprint density at radius 1 is 1.05 bits per heavy atom. The van der Waals surface area contributed by atoms with E-state index < -0.39 is 0 Å². The smallest absolute Gasteiger partial charge is 0.251 e. The lowest BCUT2D eigenvalue weighted by molar-refractivity contribution is -0.112. The molecule has 0 unspecified atom stereocenters. The van der Waals surface area contributed by atoms with Crippen LogP contribution in [0.15, 0.2) is 79.2 Å². The minimum absolute atomic E-state index is 0.251. The first-order valence-electron chi connectivity index (χ1n) is 6.85. The summed E-state index contributed by atoms with van der Waals surface area (Å²) in [5.41, 5.74) is 1.61.